The number of nitrogens with two attached hydrogens (primary N) is 1. The van der Waals surface area contributed by atoms with E-state index >= 15 is 0 Å². The number of benzene rings is 1. The first-order chi connectivity index (χ1) is 9.83. The second-order valence-corrected chi connectivity index (χ2v) is 6.22. The topological polar surface area (TPSA) is 107 Å². The normalized spacial score (nSPS) is 11.6. The molecule has 2 rings (SSSR count). The van der Waals surface area contributed by atoms with Crippen LogP contribution in [-0.4, -0.2) is 20.5 Å². The molecular weight excluding hydrogens is 294 g/mol. The standard InChI is InChI=1S/C13H17N3O4S/c1-8-9(2)20-13(16-8)7-15-21(17,18)12-5-4-10(14)6-11(12)19-3/h4-6,15H,7,14H2,1-3H3. The Morgan fingerprint density at radius 2 is 2.10 bits per heavy atom. The van der Waals surface area contributed by atoms with E-state index in [0.29, 0.717) is 17.3 Å². The molecule has 2 aromatic rings. The lowest BCUT2D eigenvalue weighted by Gasteiger charge is -2.10. The molecule has 0 fully saturated rings. The fraction of sp³-hybridized carbons (Fsp3) is 0.308. The van der Waals surface area contributed by atoms with Crippen LogP contribution in [-0.2, 0) is 16.6 Å². The second kappa shape index (κ2) is 5.74. The molecule has 8 heteroatoms. The van der Waals surface area contributed by atoms with Crippen molar-refractivity contribution in [2.45, 2.75) is 25.3 Å². The lowest BCUT2D eigenvalue weighted by molar-refractivity contribution is 0.402. The Labute approximate surface area is 123 Å². The van der Waals surface area contributed by atoms with Gasteiger partial charge in [0.05, 0.1) is 19.3 Å². The highest BCUT2D eigenvalue weighted by molar-refractivity contribution is 7.89. The highest BCUT2D eigenvalue weighted by atomic mass is 32.2. The summed E-state index contributed by atoms with van der Waals surface area (Å²) in [7, 11) is -2.37. The zero-order valence-electron chi connectivity index (χ0n) is 12.0. The van der Waals surface area contributed by atoms with E-state index in [1.807, 2.05) is 0 Å². The maximum Gasteiger partial charge on any atom is 0.244 e. The summed E-state index contributed by atoms with van der Waals surface area (Å²) in [6.45, 7) is 3.52. The van der Waals surface area contributed by atoms with E-state index in [1.54, 1.807) is 13.8 Å². The number of nitrogens with one attached hydrogen (secondary N) is 1. The van der Waals surface area contributed by atoms with Crippen molar-refractivity contribution in [3.05, 3.63) is 35.5 Å². The summed E-state index contributed by atoms with van der Waals surface area (Å²) in [5.74, 6) is 1.15. The van der Waals surface area contributed by atoms with Gasteiger partial charge in [-0.25, -0.2) is 18.1 Å². The highest BCUT2D eigenvalue weighted by Crippen LogP contribution is 2.26. The maximum absolute atomic E-state index is 12.3. The van der Waals surface area contributed by atoms with Gasteiger partial charge >= 0.3 is 0 Å². The first-order valence-electron chi connectivity index (χ1n) is 6.19. The summed E-state index contributed by atoms with van der Waals surface area (Å²) in [5.41, 5.74) is 6.76. The van der Waals surface area contributed by atoms with Crippen molar-refractivity contribution in [1.29, 1.82) is 0 Å². The third-order valence-corrected chi connectivity index (χ3v) is 4.40. The number of hydrogen-bond donors (Lipinski definition) is 2. The van der Waals surface area contributed by atoms with Crippen LogP contribution in [0, 0.1) is 13.8 Å². The summed E-state index contributed by atoms with van der Waals surface area (Å²) in [6.07, 6.45) is 0. The highest BCUT2D eigenvalue weighted by Gasteiger charge is 2.20. The summed E-state index contributed by atoms with van der Waals surface area (Å²) < 4.78 is 37.4. The third kappa shape index (κ3) is 3.34. The van der Waals surface area contributed by atoms with Gasteiger partial charge in [0.2, 0.25) is 15.9 Å². The quantitative estimate of drug-likeness (QED) is 0.807. The minimum atomic E-state index is -3.75. The molecule has 0 atom stereocenters. The van der Waals surface area contributed by atoms with Crippen LogP contribution in [0.4, 0.5) is 5.69 Å². The zero-order chi connectivity index (χ0) is 15.6. The van der Waals surface area contributed by atoms with Crippen molar-refractivity contribution in [3.63, 3.8) is 0 Å². The van der Waals surface area contributed by atoms with E-state index in [2.05, 4.69) is 9.71 Å². The number of methoxy groups -OCH3 is 1. The van der Waals surface area contributed by atoms with Crippen LogP contribution in [0.5, 0.6) is 5.75 Å². The summed E-state index contributed by atoms with van der Waals surface area (Å²) in [5, 5.41) is 0. The molecule has 0 saturated carbocycles. The lowest BCUT2D eigenvalue weighted by atomic mass is 10.3. The molecule has 114 valence electrons. The van der Waals surface area contributed by atoms with Crippen LogP contribution in [0.25, 0.3) is 0 Å². The van der Waals surface area contributed by atoms with E-state index in [1.165, 1.54) is 25.3 Å². The number of rotatable bonds is 5. The van der Waals surface area contributed by atoms with Gasteiger partial charge in [0, 0.05) is 11.8 Å². The number of nitrogen functional groups attached to an aromatic ring is 1. The van der Waals surface area contributed by atoms with Gasteiger partial charge in [0.15, 0.2) is 0 Å². The molecule has 0 radical (unpaired) electrons. The van der Waals surface area contributed by atoms with Gasteiger partial charge in [-0.3, -0.25) is 0 Å². The lowest BCUT2D eigenvalue weighted by Crippen LogP contribution is -2.24. The third-order valence-electron chi connectivity index (χ3n) is 2.96. The smallest absolute Gasteiger partial charge is 0.244 e. The molecule has 3 N–H and O–H groups in total. The van der Waals surface area contributed by atoms with Crippen LogP contribution in [0.1, 0.15) is 17.3 Å². The number of aryl methyl sites for hydroxylation is 2. The van der Waals surface area contributed by atoms with Gasteiger partial charge in [-0.05, 0) is 26.0 Å². The van der Waals surface area contributed by atoms with Crippen LogP contribution in [0.2, 0.25) is 0 Å². The molecular formula is C13H17N3O4S. The van der Waals surface area contributed by atoms with E-state index in [-0.39, 0.29) is 17.2 Å². The van der Waals surface area contributed by atoms with Crippen molar-refractivity contribution in [2.24, 2.45) is 0 Å². The Kier molecular flexibility index (Phi) is 4.19. The van der Waals surface area contributed by atoms with Gasteiger partial charge in [0.1, 0.15) is 16.4 Å². The molecule has 0 amide bonds. The summed E-state index contributed by atoms with van der Waals surface area (Å²) in [6, 6.07) is 4.34. The molecule has 0 bridgehead atoms. The second-order valence-electron chi connectivity index (χ2n) is 4.48. The summed E-state index contributed by atoms with van der Waals surface area (Å²) in [4.78, 5) is 4.13. The minimum absolute atomic E-state index is 0.0131. The van der Waals surface area contributed by atoms with Crippen molar-refractivity contribution in [1.82, 2.24) is 9.71 Å². The predicted octanol–water partition coefficient (Wildman–Crippen LogP) is 1.36. The Morgan fingerprint density at radius 1 is 1.38 bits per heavy atom. The Balaban J connectivity index is 2.22. The Bertz CT molecular complexity index is 733. The molecule has 1 aromatic carbocycles. The number of hydrogen-bond acceptors (Lipinski definition) is 6. The van der Waals surface area contributed by atoms with E-state index < -0.39 is 10.0 Å². The molecule has 1 aromatic heterocycles. The number of aromatic nitrogens is 1. The predicted molar refractivity (Wildman–Crippen MR) is 77.4 cm³/mol. The first kappa shape index (κ1) is 15.3. The molecule has 0 aliphatic rings. The largest absolute Gasteiger partial charge is 0.495 e. The number of nitrogens with zero attached hydrogens (tertiary/aromatic N) is 1. The molecule has 21 heavy (non-hydrogen) atoms. The zero-order valence-corrected chi connectivity index (χ0v) is 12.8. The monoisotopic (exact) mass is 311 g/mol. The van der Waals surface area contributed by atoms with Crippen molar-refractivity contribution < 1.29 is 17.6 Å². The minimum Gasteiger partial charge on any atom is -0.495 e. The van der Waals surface area contributed by atoms with Crippen LogP contribution in [0.15, 0.2) is 27.5 Å². The summed E-state index contributed by atoms with van der Waals surface area (Å²) >= 11 is 0. The van der Waals surface area contributed by atoms with Crippen molar-refractivity contribution in [3.8, 4) is 5.75 Å². The van der Waals surface area contributed by atoms with Crippen molar-refractivity contribution in [2.75, 3.05) is 12.8 Å². The number of ether oxygens (including phenoxy) is 1. The van der Waals surface area contributed by atoms with Crippen molar-refractivity contribution >= 4 is 15.7 Å². The Morgan fingerprint density at radius 3 is 2.67 bits per heavy atom. The van der Waals surface area contributed by atoms with Gasteiger partial charge in [0.25, 0.3) is 0 Å². The SMILES string of the molecule is COc1cc(N)ccc1S(=O)(=O)NCc1nc(C)c(C)o1. The van der Waals surface area contributed by atoms with Gasteiger partial charge < -0.3 is 14.9 Å². The molecule has 0 unspecified atom stereocenters. The molecule has 7 nitrogen and oxygen atoms in total. The van der Waals surface area contributed by atoms with E-state index in [4.69, 9.17) is 14.9 Å². The van der Waals surface area contributed by atoms with E-state index in [9.17, 15) is 8.42 Å². The average molecular weight is 311 g/mol. The first-order valence-corrected chi connectivity index (χ1v) is 7.68. The molecule has 1 heterocycles. The van der Waals surface area contributed by atoms with Crippen LogP contribution in [0.3, 0.4) is 0 Å². The molecule has 0 saturated heterocycles. The van der Waals surface area contributed by atoms with Crippen LogP contribution >= 0.6 is 0 Å². The number of anilines is 1. The fourth-order valence-electron chi connectivity index (χ4n) is 1.76. The van der Waals surface area contributed by atoms with Crippen LogP contribution < -0.4 is 15.2 Å². The van der Waals surface area contributed by atoms with E-state index in [0.717, 1.165) is 5.69 Å². The average Bonchev–Trinajstić information content (AvgIpc) is 2.75. The molecule has 0 spiro atoms. The fourth-order valence-corrected chi connectivity index (χ4v) is 2.88. The number of sulfonamides is 1. The number of oxazole rings is 1. The molecule has 0 aliphatic carbocycles. The molecule has 0 aliphatic heterocycles. The van der Waals surface area contributed by atoms with Gasteiger partial charge in [-0.2, -0.15) is 0 Å². The maximum atomic E-state index is 12.3. The van der Waals surface area contributed by atoms with Gasteiger partial charge in [-0.1, -0.05) is 0 Å². The van der Waals surface area contributed by atoms with Gasteiger partial charge in [-0.15, -0.1) is 0 Å². The Hall–Kier alpha value is -2.06.